The fraction of sp³-hybridized carbons (Fsp3) is 0.474. The van der Waals surface area contributed by atoms with Crippen molar-refractivity contribution in [1.29, 1.82) is 0 Å². The van der Waals surface area contributed by atoms with E-state index in [2.05, 4.69) is 10.4 Å². The maximum Gasteiger partial charge on any atom is 0.258 e. The number of hydrogen-bond donors (Lipinski definition) is 1. The summed E-state index contributed by atoms with van der Waals surface area (Å²) >= 11 is 0. The molecule has 6 nitrogen and oxygen atoms in total. The van der Waals surface area contributed by atoms with Gasteiger partial charge in [-0.1, -0.05) is 18.6 Å². The standard InChI is InChI=1S/C19H23N3O3/c1-24-15-8-6-14(7-9-15)17(13-4-2-5-13)21-18(23)16-12-20-22-10-3-11-25-19(16)22/h6-9,12-13,17H,2-5,10-11H2,1H3,(H,21,23). The van der Waals surface area contributed by atoms with Crippen LogP contribution in [0.1, 0.15) is 47.6 Å². The van der Waals surface area contributed by atoms with Crippen LogP contribution in [0.4, 0.5) is 0 Å². The smallest absolute Gasteiger partial charge is 0.258 e. The van der Waals surface area contributed by atoms with Crippen molar-refractivity contribution in [1.82, 2.24) is 15.1 Å². The molecule has 1 aliphatic heterocycles. The van der Waals surface area contributed by atoms with E-state index in [1.165, 1.54) is 6.42 Å². The molecule has 1 saturated carbocycles. The van der Waals surface area contributed by atoms with Gasteiger partial charge in [0.05, 0.1) is 26.0 Å². The molecule has 0 bridgehead atoms. The number of aromatic nitrogens is 2. The van der Waals surface area contributed by atoms with E-state index in [0.717, 1.165) is 37.1 Å². The molecule has 1 aromatic carbocycles. The highest BCUT2D eigenvalue weighted by Crippen LogP contribution is 2.38. The lowest BCUT2D eigenvalue weighted by atomic mass is 9.77. The molecule has 1 amide bonds. The van der Waals surface area contributed by atoms with Crippen molar-refractivity contribution in [2.75, 3.05) is 13.7 Å². The molecule has 0 radical (unpaired) electrons. The number of ether oxygens (including phenoxy) is 2. The molecule has 1 aromatic heterocycles. The van der Waals surface area contributed by atoms with Gasteiger partial charge in [0.15, 0.2) is 0 Å². The fourth-order valence-corrected chi connectivity index (χ4v) is 3.50. The van der Waals surface area contributed by atoms with Crippen molar-refractivity contribution in [2.45, 2.75) is 38.3 Å². The third-order valence-electron chi connectivity index (χ3n) is 5.17. The van der Waals surface area contributed by atoms with Crippen LogP contribution in [-0.2, 0) is 6.54 Å². The van der Waals surface area contributed by atoms with E-state index in [0.29, 0.717) is 24.0 Å². The summed E-state index contributed by atoms with van der Waals surface area (Å²) in [6.45, 7) is 1.43. The molecule has 2 aromatic rings. The van der Waals surface area contributed by atoms with Gasteiger partial charge in [-0.3, -0.25) is 4.79 Å². The van der Waals surface area contributed by atoms with Crippen molar-refractivity contribution >= 4 is 5.91 Å². The van der Waals surface area contributed by atoms with Crippen molar-refractivity contribution in [3.8, 4) is 11.6 Å². The molecule has 2 aliphatic rings. The Balaban J connectivity index is 1.56. The summed E-state index contributed by atoms with van der Waals surface area (Å²) in [5.74, 6) is 1.77. The van der Waals surface area contributed by atoms with Crippen LogP contribution < -0.4 is 14.8 Å². The van der Waals surface area contributed by atoms with Gasteiger partial charge in [-0.05, 0) is 36.5 Å². The second-order valence-corrected chi connectivity index (χ2v) is 6.70. The zero-order valence-corrected chi connectivity index (χ0v) is 14.4. The summed E-state index contributed by atoms with van der Waals surface area (Å²) in [7, 11) is 1.66. The Hall–Kier alpha value is -2.50. The van der Waals surface area contributed by atoms with Gasteiger partial charge >= 0.3 is 0 Å². The number of carbonyl (C=O) groups is 1. The van der Waals surface area contributed by atoms with E-state index in [-0.39, 0.29) is 11.9 Å². The molecule has 6 heteroatoms. The molecule has 1 aliphatic carbocycles. The summed E-state index contributed by atoms with van der Waals surface area (Å²) in [5.41, 5.74) is 1.64. The first kappa shape index (κ1) is 16.0. The number of benzene rings is 1. The molecule has 4 rings (SSSR count). The minimum Gasteiger partial charge on any atom is -0.497 e. The van der Waals surface area contributed by atoms with E-state index in [4.69, 9.17) is 9.47 Å². The van der Waals surface area contributed by atoms with Crippen molar-refractivity contribution in [2.24, 2.45) is 5.92 Å². The summed E-state index contributed by atoms with van der Waals surface area (Å²) in [6, 6.07) is 7.96. The van der Waals surface area contributed by atoms with Gasteiger partial charge in [0.2, 0.25) is 5.88 Å². The third-order valence-corrected chi connectivity index (χ3v) is 5.17. The summed E-state index contributed by atoms with van der Waals surface area (Å²) < 4.78 is 12.7. The Morgan fingerprint density at radius 3 is 2.80 bits per heavy atom. The zero-order valence-electron chi connectivity index (χ0n) is 14.4. The van der Waals surface area contributed by atoms with Crippen molar-refractivity contribution in [3.05, 3.63) is 41.6 Å². The second kappa shape index (κ2) is 6.78. The van der Waals surface area contributed by atoms with E-state index in [1.807, 2.05) is 24.3 Å². The first-order valence-corrected chi connectivity index (χ1v) is 8.89. The number of methoxy groups -OCH3 is 1. The van der Waals surface area contributed by atoms with Crippen molar-refractivity contribution in [3.63, 3.8) is 0 Å². The van der Waals surface area contributed by atoms with E-state index in [9.17, 15) is 4.79 Å². The number of fused-ring (bicyclic) bond motifs is 1. The van der Waals surface area contributed by atoms with Crippen LogP contribution in [0.2, 0.25) is 0 Å². The predicted molar refractivity (Wildman–Crippen MR) is 92.9 cm³/mol. The first-order valence-electron chi connectivity index (χ1n) is 8.89. The Labute approximate surface area is 147 Å². The molecule has 0 saturated heterocycles. The Kier molecular flexibility index (Phi) is 4.34. The molecule has 1 unspecified atom stereocenters. The Morgan fingerprint density at radius 2 is 2.12 bits per heavy atom. The minimum absolute atomic E-state index is 0.00583. The quantitative estimate of drug-likeness (QED) is 0.908. The molecule has 2 heterocycles. The SMILES string of the molecule is COc1ccc(C(NC(=O)c2cnn3c2OCCC3)C2CCC2)cc1. The van der Waals surface area contributed by atoms with Crippen molar-refractivity contribution < 1.29 is 14.3 Å². The van der Waals surface area contributed by atoms with Gasteiger partial charge in [0.1, 0.15) is 11.3 Å². The number of carbonyl (C=O) groups excluding carboxylic acids is 1. The largest absolute Gasteiger partial charge is 0.497 e. The molecule has 1 atom stereocenters. The van der Waals surface area contributed by atoms with E-state index >= 15 is 0 Å². The zero-order chi connectivity index (χ0) is 17.2. The van der Waals surface area contributed by atoms with Crippen LogP contribution in [-0.4, -0.2) is 29.4 Å². The lowest BCUT2D eigenvalue weighted by Crippen LogP contribution is -2.36. The average molecular weight is 341 g/mol. The molecule has 0 spiro atoms. The summed E-state index contributed by atoms with van der Waals surface area (Å²) in [5, 5.41) is 7.49. The predicted octanol–water partition coefficient (Wildman–Crippen LogP) is 2.95. The second-order valence-electron chi connectivity index (χ2n) is 6.70. The molecule has 1 fully saturated rings. The number of amides is 1. The highest BCUT2D eigenvalue weighted by Gasteiger charge is 2.31. The molecular weight excluding hydrogens is 318 g/mol. The number of aryl methyl sites for hydroxylation is 1. The highest BCUT2D eigenvalue weighted by atomic mass is 16.5. The Bertz CT molecular complexity index is 750. The van der Waals surface area contributed by atoms with E-state index < -0.39 is 0 Å². The minimum atomic E-state index is -0.115. The molecule has 132 valence electrons. The topological polar surface area (TPSA) is 65.4 Å². The van der Waals surface area contributed by atoms with Gasteiger partial charge in [0.25, 0.3) is 5.91 Å². The highest BCUT2D eigenvalue weighted by molar-refractivity contribution is 5.96. The summed E-state index contributed by atoms with van der Waals surface area (Å²) in [4.78, 5) is 12.9. The molecule has 25 heavy (non-hydrogen) atoms. The normalized spacial score (nSPS) is 17.8. The fourth-order valence-electron chi connectivity index (χ4n) is 3.50. The monoisotopic (exact) mass is 341 g/mol. The van der Waals surface area contributed by atoms with Crippen LogP contribution in [0.5, 0.6) is 11.6 Å². The lowest BCUT2D eigenvalue weighted by Gasteiger charge is -2.34. The lowest BCUT2D eigenvalue weighted by molar-refractivity contribution is 0.0894. The number of rotatable bonds is 5. The Morgan fingerprint density at radius 1 is 1.32 bits per heavy atom. The van der Waals surface area contributed by atoms with Crippen LogP contribution >= 0.6 is 0 Å². The van der Waals surface area contributed by atoms with Crippen LogP contribution in [0.3, 0.4) is 0 Å². The molecule has 1 N–H and O–H groups in total. The maximum absolute atomic E-state index is 12.9. The number of hydrogen-bond acceptors (Lipinski definition) is 4. The first-order chi connectivity index (χ1) is 12.3. The van der Waals surface area contributed by atoms with Crippen LogP contribution in [0.15, 0.2) is 30.5 Å². The number of nitrogens with one attached hydrogen (secondary N) is 1. The van der Waals surface area contributed by atoms with Gasteiger partial charge < -0.3 is 14.8 Å². The van der Waals surface area contributed by atoms with Gasteiger partial charge in [-0.15, -0.1) is 0 Å². The third kappa shape index (κ3) is 3.08. The summed E-state index contributed by atoms with van der Waals surface area (Å²) in [6.07, 6.45) is 6.03. The average Bonchev–Trinajstić information content (AvgIpc) is 3.04. The number of nitrogens with zero attached hydrogens (tertiary/aromatic N) is 2. The maximum atomic E-state index is 12.9. The van der Waals surface area contributed by atoms with Gasteiger partial charge in [0, 0.05) is 13.0 Å². The van der Waals surface area contributed by atoms with Gasteiger partial charge in [-0.25, -0.2) is 4.68 Å². The van der Waals surface area contributed by atoms with E-state index in [1.54, 1.807) is 18.0 Å². The van der Waals surface area contributed by atoms with Gasteiger partial charge in [-0.2, -0.15) is 5.10 Å². The van der Waals surface area contributed by atoms with Crippen LogP contribution in [0.25, 0.3) is 0 Å². The van der Waals surface area contributed by atoms with Crippen LogP contribution in [0, 0.1) is 5.92 Å². The molecular formula is C19H23N3O3.